The third-order valence-corrected chi connectivity index (χ3v) is 4.46. The van der Waals surface area contributed by atoms with Crippen LogP contribution in [0.25, 0.3) is 0 Å². The Balaban J connectivity index is 2.20. The Kier molecular flexibility index (Phi) is 6.67. The summed E-state index contributed by atoms with van der Waals surface area (Å²) in [5.41, 5.74) is 0.480. The number of carbonyl (C=O) groups excluding carboxylic acids is 1. The molecule has 6 nitrogen and oxygen atoms in total. The highest BCUT2D eigenvalue weighted by Crippen LogP contribution is 2.32. The first-order chi connectivity index (χ1) is 11.9. The van der Waals surface area contributed by atoms with Crippen molar-refractivity contribution in [3.05, 3.63) is 23.8 Å². The number of carboxylic acid groups (broad SMARTS) is 1. The molecule has 138 valence electrons. The summed E-state index contributed by atoms with van der Waals surface area (Å²) in [5, 5.41) is 8.89. The van der Waals surface area contributed by atoms with Gasteiger partial charge in [-0.3, -0.25) is 9.59 Å². The highest BCUT2D eigenvalue weighted by atomic mass is 16.5. The average molecular weight is 349 g/mol. The minimum absolute atomic E-state index is 0.0779. The van der Waals surface area contributed by atoms with Gasteiger partial charge in [0.1, 0.15) is 0 Å². The van der Waals surface area contributed by atoms with Crippen molar-refractivity contribution in [1.82, 2.24) is 4.90 Å². The summed E-state index contributed by atoms with van der Waals surface area (Å²) in [7, 11) is 1.58. The topological polar surface area (TPSA) is 76.1 Å². The Labute approximate surface area is 148 Å². The predicted molar refractivity (Wildman–Crippen MR) is 94.3 cm³/mol. The van der Waals surface area contributed by atoms with Crippen LogP contribution in [-0.4, -0.2) is 47.7 Å². The number of hydrogen-bond acceptors (Lipinski definition) is 4. The third-order valence-electron chi connectivity index (χ3n) is 4.46. The van der Waals surface area contributed by atoms with Gasteiger partial charge in [-0.15, -0.1) is 0 Å². The summed E-state index contributed by atoms with van der Waals surface area (Å²) < 4.78 is 11.4. The maximum Gasteiger partial charge on any atom is 0.305 e. The number of amides is 1. The number of ether oxygens (including phenoxy) is 2. The molecule has 0 aliphatic heterocycles. The Bertz CT molecular complexity index is 608. The van der Waals surface area contributed by atoms with Crippen molar-refractivity contribution in [2.75, 3.05) is 13.7 Å². The molecule has 0 spiro atoms. The van der Waals surface area contributed by atoms with E-state index in [0.717, 1.165) is 25.7 Å². The molecule has 0 saturated heterocycles. The maximum absolute atomic E-state index is 12.8. The van der Waals surface area contributed by atoms with Gasteiger partial charge in [-0.1, -0.05) is 0 Å². The summed E-state index contributed by atoms with van der Waals surface area (Å²) in [6, 6.07) is 5.04. The van der Waals surface area contributed by atoms with Gasteiger partial charge < -0.3 is 19.5 Å². The number of nitrogens with zero attached hydrogens (tertiary/aromatic N) is 1. The zero-order valence-corrected chi connectivity index (χ0v) is 15.2. The van der Waals surface area contributed by atoms with Crippen molar-refractivity contribution in [2.24, 2.45) is 0 Å². The normalized spacial score (nSPS) is 14.6. The Morgan fingerprint density at radius 1 is 1.24 bits per heavy atom. The summed E-state index contributed by atoms with van der Waals surface area (Å²) in [5.74, 6) is 0.0564. The van der Waals surface area contributed by atoms with Crippen molar-refractivity contribution in [2.45, 2.75) is 58.1 Å². The second kappa shape index (κ2) is 8.74. The van der Waals surface area contributed by atoms with Gasteiger partial charge in [0.05, 0.1) is 19.6 Å². The Hall–Kier alpha value is -2.24. The quantitative estimate of drug-likeness (QED) is 0.779. The van der Waals surface area contributed by atoms with Gasteiger partial charge in [-0.05, 0) is 57.7 Å². The minimum Gasteiger partial charge on any atom is -0.493 e. The van der Waals surface area contributed by atoms with E-state index in [9.17, 15) is 9.59 Å². The van der Waals surface area contributed by atoms with Gasteiger partial charge >= 0.3 is 5.97 Å². The highest BCUT2D eigenvalue weighted by molar-refractivity contribution is 5.95. The number of carbonyl (C=O) groups is 2. The van der Waals surface area contributed by atoms with Crippen LogP contribution in [-0.2, 0) is 4.79 Å². The fraction of sp³-hybridized carbons (Fsp3) is 0.579. The summed E-state index contributed by atoms with van der Waals surface area (Å²) in [4.78, 5) is 25.2. The summed E-state index contributed by atoms with van der Waals surface area (Å²) in [6.45, 7) is 3.93. The molecule has 1 aliphatic carbocycles. The second-order valence-electron chi connectivity index (χ2n) is 6.63. The fourth-order valence-electron chi connectivity index (χ4n) is 3.06. The van der Waals surface area contributed by atoms with E-state index in [-0.39, 0.29) is 31.0 Å². The van der Waals surface area contributed by atoms with Gasteiger partial charge in [0.2, 0.25) is 0 Å². The van der Waals surface area contributed by atoms with Crippen molar-refractivity contribution < 1.29 is 24.2 Å². The standard InChI is InChI=1S/C19H27NO5/c1-13(2)20(11-10-18(21)22)19(23)14-8-9-16(24-3)17(12-14)25-15-6-4-5-7-15/h8-9,12-13,15H,4-7,10-11H2,1-3H3,(H,21,22). The predicted octanol–water partition coefficient (Wildman–Crippen LogP) is 3.34. The van der Waals surface area contributed by atoms with Gasteiger partial charge in [0.15, 0.2) is 11.5 Å². The molecule has 0 unspecified atom stereocenters. The lowest BCUT2D eigenvalue weighted by atomic mass is 10.1. The molecule has 1 aromatic carbocycles. The van der Waals surface area contributed by atoms with Crippen LogP contribution in [0.15, 0.2) is 18.2 Å². The number of carboxylic acids is 1. The smallest absolute Gasteiger partial charge is 0.305 e. The number of rotatable bonds is 8. The van der Waals surface area contributed by atoms with Crippen LogP contribution >= 0.6 is 0 Å². The molecule has 2 rings (SSSR count). The SMILES string of the molecule is COc1ccc(C(=O)N(CCC(=O)O)C(C)C)cc1OC1CCCC1. The van der Waals surface area contributed by atoms with E-state index in [1.54, 1.807) is 30.2 Å². The van der Waals surface area contributed by atoms with E-state index in [4.69, 9.17) is 14.6 Å². The molecule has 1 aliphatic rings. The lowest BCUT2D eigenvalue weighted by Crippen LogP contribution is -2.38. The van der Waals surface area contributed by atoms with Crippen molar-refractivity contribution in [1.29, 1.82) is 0 Å². The molecule has 1 fully saturated rings. The zero-order chi connectivity index (χ0) is 18.4. The first-order valence-electron chi connectivity index (χ1n) is 8.79. The summed E-state index contributed by atoms with van der Waals surface area (Å²) in [6.07, 6.45) is 4.42. The van der Waals surface area contributed by atoms with Crippen LogP contribution in [0.2, 0.25) is 0 Å². The number of aliphatic carboxylic acids is 1. The zero-order valence-electron chi connectivity index (χ0n) is 15.2. The van der Waals surface area contributed by atoms with Crippen LogP contribution in [0.3, 0.4) is 0 Å². The van der Waals surface area contributed by atoms with E-state index in [0.29, 0.717) is 17.1 Å². The van der Waals surface area contributed by atoms with Crippen LogP contribution in [0, 0.1) is 0 Å². The molecule has 25 heavy (non-hydrogen) atoms. The number of benzene rings is 1. The van der Waals surface area contributed by atoms with Crippen molar-refractivity contribution in [3.63, 3.8) is 0 Å². The molecule has 1 N–H and O–H groups in total. The van der Waals surface area contributed by atoms with E-state index >= 15 is 0 Å². The van der Waals surface area contributed by atoms with E-state index in [1.165, 1.54) is 0 Å². The van der Waals surface area contributed by atoms with E-state index < -0.39 is 5.97 Å². The van der Waals surface area contributed by atoms with E-state index in [2.05, 4.69) is 0 Å². The monoisotopic (exact) mass is 349 g/mol. The molecule has 0 radical (unpaired) electrons. The van der Waals surface area contributed by atoms with Crippen LogP contribution in [0.4, 0.5) is 0 Å². The lowest BCUT2D eigenvalue weighted by Gasteiger charge is -2.26. The van der Waals surface area contributed by atoms with Gasteiger partial charge in [-0.2, -0.15) is 0 Å². The molecule has 6 heteroatoms. The van der Waals surface area contributed by atoms with Gasteiger partial charge in [0.25, 0.3) is 5.91 Å². The summed E-state index contributed by atoms with van der Waals surface area (Å²) >= 11 is 0. The number of hydrogen-bond donors (Lipinski definition) is 1. The van der Waals surface area contributed by atoms with Crippen LogP contribution in [0.5, 0.6) is 11.5 Å². The first kappa shape index (κ1) is 19.1. The largest absolute Gasteiger partial charge is 0.493 e. The fourth-order valence-corrected chi connectivity index (χ4v) is 3.06. The molecule has 1 saturated carbocycles. The van der Waals surface area contributed by atoms with E-state index in [1.807, 2.05) is 13.8 Å². The minimum atomic E-state index is -0.918. The highest BCUT2D eigenvalue weighted by Gasteiger charge is 2.23. The van der Waals surface area contributed by atoms with Gasteiger partial charge in [-0.25, -0.2) is 0 Å². The molecule has 0 atom stereocenters. The first-order valence-corrected chi connectivity index (χ1v) is 8.79. The van der Waals surface area contributed by atoms with Gasteiger partial charge in [0, 0.05) is 18.2 Å². The molecule has 1 aromatic rings. The Morgan fingerprint density at radius 2 is 1.92 bits per heavy atom. The van der Waals surface area contributed by atoms with Crippen LogP contribution in [0.1, 0.15) is 56.3 Å². The average Bonchev–Trinajstić information content (AvgIpc) is 3.07. The molecule has 1 amide bonds. The third kappa shape index (κ3) is 5.11. The van der Waals surface area contributed by atoms with Crippen molar-refractivity contribution in [3.8, 4) is 11.5 Å². The molecule has 0 heterocycles. The maximum atomic E-state index is 12.8. The number of methoxy groups -OCH3 is 1. The lowest BCUT2D eigenvalue weighted by molar-refractivity contribution is -0.137. The molecular weight excluding hydrogens is 322 g/mol. The Morgan fingerprint density at radius 3 is 2.48 bits per heavy atom. The van der Waals surface area contributed by atoms with Crippen molar-refractivity contribution >= 4 is 11.9 Å². The second-order valence-corrected chi connectivity index (χ2v) is 6.63. The molecule has 0 bridgehead atoms. The molecular formula is C19H27NO5. The molecule has 0 aromatic heterocycles. The van der Waals surface area contributed by atoms with Crippen LogP contribution < -0.4 is 9.47 Å².